The fraction of sp³-hybridized carbons (Fsp3) is 0.375. The molecule has 0 unspecified atom stereocenters. The standard InChI is InChI=1S/C8H7FN3/c1-8(2,9)6-3-4-11-12-7(6)5-10/h3H,1-2H3. The van der Waals surface area contributed by atoms with Crippen molar-refractivity contribution < 1.29 is 4.39 Å². The minimum absolute atomic E-state index is 0.0150. The second-order valence-electron chi connectivity index (χ2n) is 2.82. The van der Waals surface area contributed by atoms with Crippen LogP contribution in [0.25, 0.3) is 0 Å². The van der Waals surface area contributed by atoms with Crippen molar-refractivity contribution in [3.8, 4) is 6.07 Å². The van der Waals surface area contributed by atoms with Gasteiger partial charge in [0.25, 0.3) is 0 Å². The maximum absolute atomic E-state index is 13.3. The van der Waals surface area contributed by atoms with E-state index in [0.29, 0.717) is 0 Å². The summed E-state index contributed by atoms with van der Waals surface area (Å²) < 4.78 is 13.3. The maximum Gasteiger partial charge on any atom is 0.169 e. The van der Waals surface area contributed by atoms with Crippen molar-refractivity contribution in [2.75, 3.05) is 0 Å². The van der Waals surface area contributed by atoms with Gasteiger partial charge in [-0.1, -0.05) is 0 Å². The first-order chi connectivity index (χ1) is 5.55. The fourth-order valence-electron chi connectivity index (χ4n) is 0.830. The number of alkyl halides is 1. The average molecular weight is 164 g/mol. The Balaban J connectivity index is 3.26. The number of hydrogen-bond acceptors (Lipinski definition) is 3. The molecule has 0 atom stereocenters. The van der Waals surface area contributed by atoms with Gasteiger partial charge in [-0.2, -0.15) is 5.26 Å². The first-order valence-electron chi connectivity index (χ1n) is 3.39. The van der Waals surface area contributed by atoms with Crippen LogP contribution in [-0.2, 0) is 5.67 Å². The highest BCUT2D eigenvalue weighted by atomic mass is 19.1. The zero-order valence-corrected chi connectivity index (χ0v) is 6.80. The van der Waals surface area contributed by atoms with Gasteiger partial charge >= 0.3 is 0 Å². The summed E-state index contributed by atoms with van der Waals surface area (Å²) in [5, 5.41) is 15.4. The Kier molecular flexibility index (Phi) is 2.05. The van der Waals surface area contributed by atoms with Crippen molar-refractivity contribution in [1.29, 1.82) is 5.26 Å². The predicted octanol–water partition coefficient (Wildman–Crippen LogP) is 1.35. The molecule has 0 saturated heterocycles. The van der Waals surface area contributed by atoms with Gasteiger partial charge in [-0.3, -0.25) is 0 Å². The summed E-state index contributed by atoms with van der Waals surface area (Å²) in [6.07, 6.45) is 2.39. The minimum Gasteiger partial charge on any atom is -0.239 e. The van der Waals surface area contributed by atoms with E-state index in [1.165, 1.54) is 19.9 Å². The van der Waals surface area contributed by atoms with Gasteiger partial charge in [0.2, 0.25) is 0 Å². The lowest BCUT2D eigenvalue weighted by Crippen LogP contribution is -2.12. The molecule has 0 amide bonds. The third kappa shape index (κ3) is 1.56. The molecular formula is C8H7FN3. The smallest absolute Gasteiger partial charge is 0.169 e. The zero-order chi connectivity index (χ0) is 9.19. The molecule has 1 radical (unpaired) electrons. The molecule has 0 aliphatic heterocycles. The van der Waals surface area contributed by atoms with Crippen LogP contribution in [0.1, 0.15) is 25.1 Å². The van der Waals surface area contributed by atoms with E-state index in [1.807, 2.05) is 0 Å². The van der Waals surface area contributed by atoms with Crippen LogP contribution in [0.3, 0.4) is 0 Å². The second-order valence-corrected chi connectivity index (χ2v) is 2.82. The van der Waals surface area contributed by atoms with Crippen LogP contribution in [-0.4, -0.2) is 10.2 Å². The summed E-state index contributed by atoms with van der Waals surface area (Å²) in [5.74, 6) is 0. The van der Waals surface area contributed by atoms with Crippen LogP contribution in [0.2, 0.25) is 0 Å². The van der Waals surface area contributed by atoms with Crippen LogP contribution in [0.4, 0.5) is 4.39 Å². The van der Waals surface area contributed by atoms with Crippen LogP contribution in [0.15, 0.2) is 6.07 Å². The third-order valence-electron chi connectivity index (χ3n) is 1.42. The van der Waals surface area contributed by atoms with Gasteiger partial charge in [0.05, 0.1) is 0 Å². The molecule has 0 fully saturated rings. The molecule has 0 bridgehead atoms. The molecule has 1 rings (SSSR count). The van der Waals surface area contributed by atoms with Gasteiger partial charge in [-0.15, -0.1) is 10.2 Å². The summed E-state index contributed by atoms with van der Waals surface area (Å²) in [6.45, 7) is 2.72. The lowest BCUT2D eigenvalue weighted by molar-refractivity contribution is 0.220. The fourth-order valence-corrected chi connectivity index (χ4v) is 0.830. The Hall–Kier alpha value is -1.50. The molecule has 1 heterocycles. The van der Waals surface area contributed by atoms with E-state index >= 15 is 0 Å². The first kappa shape index (κ1) is 8.60. The molecule has 3 nitrogen and oxygen atoms in total. The highest BCUT2D eigenvalue weighted by Crippen LogP contribution is 2.25. The Morgan fingerprint density at radius 1 is 1.67 bits per heavy atom. The number of rotatable bonds is 1. The molecule has 12 heavy (non-hydrogen) atoms. The van der Waals surface area contributed by atoms with Gasteiger partial charge in [0.15, 0.2) is 5.69 Å². The summed E-state index contributed by atoms with van der Waals surface area (Å²) in [7, 11) is 0. The summed E-state index contributed by atoms with van der Waals surface area (Å²) in [6, 6.07) is 3.11. The average Bonchev–Trinajstić information content (AvgIpc) is 2.03. The molecule has 1 aromatic rings. The lowest BCUT2D eigenvalue weighted by Gasteiger charge is -2.13. The van der Waals surface area contributed by atoms with E-state index in [2.05, 4.69) is 16.4 Å². The highest BCUT2D eigenvalue weighted by Gasteiger charge is 2.23. The normalized spacial score (nSPS) is 10.8. The quantitative estimate of drug-likeness (QED) is 0.629. The number of halogens is 1. The zero-order valence-electron chi connectivity index (χ0n) is 6.80. The molecule has 0 N–H and O–H groups in total. The van der Waals surface area contributed by atoms with Crippen molar-refractivity contribution in [2.24, 2.45) is 0 Å². The predicted molar refractivity (Wildman–Crippen MR) is 39.7 cm³/mol. The van der Waals surface area contributed by atoms with E-state index in [-0.39, 0.29) is 11.3 Å². The number of hydrogen-bond donors (Lipinski definition) is 0. The van der Waals surface area contributed by atoms with Crippen LogP contribution in [0, 0.1) is 17.5 Å². The molecule has 61 valence electrons. The number of nitriles is 1. The summed E-state index contributed by atoms with van der Waals surface area (Å²) in [5.41, 5.74) is -1.33. The Morgan fingerprint density at radius 3 is 2.75 bits per heavy atom. The van der Waals surface area contributed by atoms with Gasteiger partial charge in [0.1, 0.15) is 17.9 Å². The van der Waals surface area contributed by atoms with Crippen molar-refractivity contribution >= 4 is 0 Å². The monoisotopic (exact) mass is 164 g/mol. The van der Waals surface area contributed by atoms with Gasteiger partial charge < -0.3 is 0 Å². The highest BCUT2D eigenvalue weighted by molar-refractivity contribution is 5.32. The molecule has 0 aromatic carbocycles. The largest absolute Gasteiger partial charge is 0.239 e. The summed E-state index contributed by atoms with van der Waals surface area (Å²) >= 11 is 0. The molecule has 0 spiro atoms. The van der Waals surface area contributed by atoms with Crippen LogP contribution < -0.4 is 0 Å². The van der Waals surface area contributed by atoms with Crippen LogP contribution in [0.5, 0.6) is 0 Å². The topological polar surface area (TPSA) is 49.6 Å². The number of aromatic nitrogens is 2. The van der Waals surface area contributed by atoms with Crippen molar-refractivity contribution in [3.05, 3.63) is 23.5 Å². The minimum atomic E-state index is -1.57. The van der Waals surface area contributed by atoms with Crippen LogP contribution >= 0.6 is 0 Å². The first-order valence-corrected chi connectivity index (χ1v) is 3.39. The van der Waals surface area contributed by atoms with Crippen molar-refractivity contribution in [2.45, 2.75) is 19.5 Å². The van der Waals surface area contributed by atoms with E-state index in [4.69, 9.17) is 5.26 Å². The van der Waals surface area contributed by atoms with Gasteiger partial charge in [0, 0.05) is 5.56 Å². The molecule has 0 aliphatic rings. The molecule has 0 aliphatic carbocycles. The summed E-state index contributed by atoms with van der Waals surface area (Å²) in [4.78, 5) is 0. The Labute approximate surface area is 69.9 Å². The Bertz CT molecular complexity index is 322. The van der Waals surface area contributed by atoms with E-state index in [9.17, 15) is 4.39 Å². The molecule has 0 saturated carbocycles. The Morgan fingerprint density at radius 2 is 2.33 bits per heavy atom. The van der Waals surface area contributed by atoms with E-state index < -0.39 is 5.67 Å². The number of nitrogens with zero attached hydrogens (tertiary/aromatic N) is 3. The van der Waals surface area contributed by atoms with E-state index in [1.54, 1.807) is 6.07 Å². The molecular weight excluding hydrogens is 157 g/mol. The van der Waals surface area contributed by atoms with Gasteiger partial charge in [-0.25, -0.2) is 4.39 Å². The molecule has 1 aromatic heterocycles. The van der Waals surface area contributed by atoms with Crippen molar-refractivity contribution in [3.63, 3.8) is 0 Å². The lowest BCUT2D eigenvalue weighted by atomic mass is 10.00. The van der Waals surface area contributed by atoms with Gasteiger partial charge in [-0.05, 0) is 19.9 Å². The third-order valence-corrected chi connectivity index (χ3v) is 1.42. The molecule has 4 heteroatoms. The maximum atomic E-state index is 13.3. The second kappa shape index (κ2) is 2.86. The van der Waals surface area contributed by atoms with Crippen molar-refractivity contribution in [1.82, 2.24) is 10.2 Å². The SMILES string of the molecule is CC(C)(F)c1c[c]nnc1C#N. The van der Waals surface area contributed by atoms with E-state index in [0.717, 1.165) is 0 Å².